The van der Waals surface area contributed by atoms with Crippen LogP contribution in [0.4, 0.5) is 13.2 Å². The number of alkyl halides is 3. The van der Waals surface area contributed by atoms with Crippen LogP contribution >= 0.6 is 0 Å². The maximum absolute atomic E-state index is 12.3. The normalized spacial score (nSPS) is 41.8. The van der Waals surface area contributed by atoms with Crippen LogP contribution in [0.15, 0.2) is 0 Å². The fourth-order valence-electron chi connectivity index (χ4n) is 2.55. The van der Waals surface area contributed by atoms with Gasteiger partial charge in [-0.25, -0.2) is 0 Å². The molecule has 0 aromatic carbocycles. The van der Waals surface area contributed by atoms with Crippen LogP contribution in [0.25, 0.3) is 0 Å². The van der Waals surface area contributed by atoms with E-state index in [4.69, 9.17) is 0 Å². The van der Waals surface area contributed by atoms with Crippen molar-refractivity contribution in [2.45, 2.75) is 31.5 Å². The third-order valence-corrected chi connectivity index (χ3v) is 3.10. The minimum atomic E-state index is -4.04. The highest BCUT2D eigenvalue weighted by molar-refractivity contribution is 4.97. The zero-order chi connectivity index (χ0) is 8.77. The molecule has 1 aliphatic heterocycles. The second-order valence-electron chi connectivity index (χ2n) is 3.78. The molecule has 0 radical (unpaired) electrons. The Morgan fingerprint density at radius 1 is 1.17 bits per heavy atom. The summed E-state index contributed by atoms with van der Waals surface area (Å²) >= 11 is 0. The van der Waals surface area contributed by atoms with Crippen molar-refractivity contribution in [1.29, 1.82) is 0 Å². The van der Waals surface area contributed by atoms with Crippen molar-refractivity contribution in [2.75, 3.05) is 6.54 Å². The van der Waals surface area contributed by atoms with E-state index in [0.717, 1.165) is 19.3 Å². The highest BCUT2D eigenvalue weighted by atomic mass is 19.4. The fraction of sp³-hybridized carbons (Fsp3) is 1.00. The molecule has 1 saturated carbocycles. The van der Waals surface area contributed by atoms with E-state index in [1.165, 1.54) is 0 Å². The van der Waals surface area contributed by atoms with E-state index in [2.05, 4.69) is 5.32 Å². The molecule has 3 unspecified atom stereocenters. The number of nitrogens with one attached hydrogen (secondary N) is 1. The van der Waals surface area contributed by atoms with Gasteiger partial charge < -0.3 is 5.32 Å². The van der Waals surface area contributed by atoms with Crippen LogP contribution in [0.3, 0.4) is 0 Å². The molecule has 4 heteroatoms. The maximum Gasteiger partial charge on any atom is 0.404 e. The molecular formula is C8H12F3N. The number of hydrogen-bond donors (Lipinski definition) is 1. The summed E-state index contributed by atoms with van der Waals surface area (Å²) < 4.78 is 37.0. The zero-order valence-corrected chi connectivity index (χ0v) is 6.69. The van der Waals surface area contributed by atoms with E-state index in [1.807, 2.05) is 0 Å². The van der Waals surface area contributed by atoms with E-state index < -0.39 is 12.2 Å². The van der Waals surface area contributed by atoms with Gasteiger partial charge in [-0.05, 0) is 31.2 Å². The molecule has 2 fully saturated rings. The molecule has 3 atom stereocenters. The van der Waals surface area contributed by atoms with Crippen LogP contribution in [0, 0.1) is 11.8 Å². The molecule has 0 amide bonds. The van der Waals surface area contributed by atoms with Crippen molar-refractivity contribution in [3.05, 3.63) is 0 Å². The van der Waals surface area contributed by atoms with Gasteiger partial charge in [0, 0.05) is 0 Å². The first kappa shape index (κ1) is 8.35. The summed E-state index contributed by atoms with van der Waals surface area (Å²) in [5.74, 6) is 0.154. The monoisotopic (exact) mass is 179 g/mol. The largest absolute Gasteiger partial charge is 0.404 e. The van der Waals surface area contributed by atoms with Crippen molar-refractivity contribution in [2.24, 2.45) is 11.8 Å². The molecular weight excluding hydrogens is 167 g/mol. The van der Waals surface area contributed by atoms with Crippen LogP contribution < -0.4 is 5.32 Å². The van der Waals surface area contributed by atoms with Gasteiger partial charge in [-0.1, -0.05) is 6.42 Å². The third-order valence-electron chi connectivity index (χ3n) is 3.10. The summed E-state index contributed by atoms with van der Waals surface area (Å²) in [5.41, 5.74) is 0. The molecule has 0 bridgehead atoms. The summed E-state index contributed by atoms with van der Waals surface area (Å²) in [6, 6.07) is -1.22. The Kier molecular flexibility index (Phi) is 1.82. The van der Waals surface area contributed by atoms with Crippen molar-refractivity contribution in [3.63, 3.8) is 0 Å². The lowest BCUT2D eigenvalue weighted by molar-refractivity contribution is -0.161. The Balaban J connectivity index is 2.09. The summed E-state index contributed by atoms with van der Waals surface area (Å²) in [6.45, 7) is 0.564. The van der Waals surface area contributed by atoms with Crippen molar-refractivity contribution >= 4 is 0 Å². The van der Waals surface area contributed by atoms with Gasteiger partial charge in [0.15, 0.2) is 0 Å². The SMILES string of the molecule is FC(F)(F)C1NCC2CCCC21. The summed E-state index contributed by atoms with van der Waals surface area (Å²) in [4.78, 5) is 0. The third kappa shape index (κ3) is 1.22. The predicted octanol–water partition coefficient (Wildman–Crippen LogP) is 1.94. The Morgan fingerprint density at radius 3 is 2.58 bits per heavy atom. The van der Waals surface area contributed by atoms with Crippen LogP contribution in [0.2, 0.25) is 0 Å². The highest BCUT2D eigenvalue weighted by Crippen LogP contribution is 2.42. The van der Waals surface area contributed by atoms with Crippen molar-refractivity contribution in [3.8, 4) is 0 Å². The fourth-order valence-corrected chi connectivity index (χ4v) is 2.55. The van der Waals surface area contributed by atoms with E-state index in [9.17, 15) is 13.2 Å². The Labute approximate surface area is 69.3 Å². The number of hydrogen-bond acceptors (Lipinski definition) is 1. The van der Waals surface area contributed by atoms with E-state index in [1.54, 1.807) is 0 Å². The number of halogens is 3. The van der Waals surface area contributed by atoms with Gasteiger partial charge in [-0.3, -0.25) is 0 Å². The summed E-state index contributed by atoms with van der Waals surface area (Å²) in [7, 11) is 0. The second kappa shape index (κ2) is 2.62. The van der Waals surface area contributed by atoms with Gasteiger partial charge in [0.1, 0.15) is 6.04 Å². The molecule has 1 nitrogen and oxygen atoms in total. The van der Waals surface area contributed by atoms with Crippen molar-refractivity contribution < 1.29 is 13.2 Å². The summed E-state index contributed by atoms with van der Waals surface area (Å²) in [5, 5.41) is 2.57. The molecule has 1 N–H and O–H groups in total. The maximum atomic E-state index is 12.3. The lowest BCUT2D eigenvalue weighted by Gasteiger charge is -2.20. The van der Waals surface area contributed by atoms with Crippen molar-refractivity contribution in [1.82, 2.24) is 5.32 Å². The number of fused-ring (bicyclic) bond motifs is 1. The zero-order valence-electron chi connectivity index (χ0n) is 6.69. The molecule has 2 rings (SSSR count). The first-order valence-electron chi connectivity index (χ1n) is 4.39. The smallest absolute Gasteiger partial charge is 0.306 e. The minimum Gasteiger partial charge on any atom is -0.306 e. The molecule has 0 aromatic rings. The van der Waals surface area contributed by atoms with Gasteiger partial charge in [-0.15, -0.1) is 0 Å². The molecule has 1 heterocycles. The first-order chi connectivity index (χ1) is 5.59. The molecule has 1 saturated heterocycles. The van der Waals surface area contributed by atoms with E-state index in [0.29, 0.717) is 6.54 Å². The standard InChI is InChI=1S/C8H12F3N/c9-8(10,11)7-6-3-1-2-5(6)4-12-7/h5-7,12H,1-4H2. The first-order valence-corrected chi connectivity index (χ1v) is 4.39. The second-order valence-corrected chi connectivity index (χ2v) is 3.78. The van der Waals surface area contributed by atoms with E-state index in [-0.39, 0.29) is 11.8 Å². The van der Waals surface area contributed by atoms with Crippen LogP contribution in [-0.4, -0.2) is 18.8 Å². The van der Waals surface area contributed by atoms with Crippen LogP contribution in [-0.2, 0) is 0 Å². The highest BCUT2D eigenvalue weighted by Gasteiger charge is 2.51. The average Bonchev–Trinajstić information content (AvgIpc) is 2.37. The molecule has 12 heavy (non-hydrogen) atoms. The number of rotatable bonds is 0. The van der Waals surface area contributed by atoms with Gasteiger partial charge in [0.05, 0.1) is 0 Å². The molecule has 70 valence electrons. The Hall–Kier alpha value is -0.250. The van der Waals surface area contributed by atoms with Gasteiger partial charge in [0.25, 0.3) is 0 Å². The lowest BCUT2D eigenvalue weighted by Crippen LogP contribution is -2.41. The van der Waals surface area contributed by atoms with Gasteiger partial charge in [0.2, 0.25) is 0 Å². The van der Waals surface area contributed by atoms with Gasteiger partial charge >= 0.3 is 6.18 Å². The topological polar surface area (TPSA) is 12.0 Å². The van der Waals surface area contributed by atoms with Crippen LogP contribution in [0.1, 0.15) is 19.3 Å². The average molecular weight is 179 g/mol. The van der Waals surface area contributed by atoms with Crippen LogP contribution in [0.5, 0.6) is 0 Å². The summed E-state index contributed by atoms with van der Waals surface area (Å²) in [6.07, 6.45) is -1.33. The molecule has 0 spiro atoms. The Morgan fingerprint density at radius 2 is 1.92 bits per heavy atom. The minimum absolute atomic E-state index is 0.134. The van der Waals surface area contributed by atoms with E-state index >= 15 is 0 Å². The Bertz CT molecular complexity index is 178. The molecule has 2 aliphatic rings. The lowest BCUT2D eigenvalue weighted by atomic mass is 9.94. The molecule has 1 aliphatic carbocycles. The van der Waals surface area contributed by atoms with Gasteiger partial charge in [-0.2, -0.15) is 13.2 Å². The molecule has 0 aromatic heterocycles. The quantitative estimate of drug-likeness (QED) is 0.599. The predicted molar refractivity (Wildman–Crippen MR) is 38.7 cm³/mol.